The van der Waals surface area contributed by atoms with Crippen LogP contribution in [0.2, 0.25) is 5.02 Å². The van der Waals surface area contributed by atoms with Crippen LogP contribution in [0.3, 0.4) is 0 Å². The summed E-state index contributed by atoms with van der Waals surface area (Å²) in [6.07, 6.45) is 4.87. The maximum Gasteiger partial charge on any atom is 0.141 e. The summed E-state index contributed by atoms with van der Waals surface area (Å²) in [4.78, 5) is 2.56. The molecule has 0 bridgehead atoms. The number of benzene rings is 2. The topological polar surface area (TPSA) is 15.3 Å². The number of hydrogen-bond acceptors (Lipinski definition) is 2. The van der Waals surface area contributed by atoms with E-state index in [-0.39, 0.29) is 35.7 Å². The van der Waals surface area contributed by atoms with Crippen molar-refractivity contribution in [3.05, 3.63) is 64.9 Å². The Kier molecular flexibility index (Phi) is 11.1. The minimum absolute atomic E-state index is 0. The summed E-state index contributed by atoms with van der Waals surface area (Å²) in [6, 6.07) is 15.6. The summed E-state index contributed by atoms with van der Waals surface area (Å²) in [7, 11) is 0. The lowest BCUT2D eigenvalue weighted by Crippen LogP contribution is -2.35. The summed E-state index contributed by atoms with van der Waals surface area (Å²) in [5.41, 5.74) is 2.34. The number of anilines is 1. The van der Waals surface area contributed by atoms with Crippen LogP contribution in [0.15, 0.2) is 48.5 Å². The van der Waals surface area contributed by atoms with Gasteiger partial charge in [-0.1, -0.05) is 41.9 Å². The average molecular weight is 434 g/mol. The summed E-state index contributed by atoms with van der Waals surface area (Å²) < 4.78 is 13.1. The monoisotopic (exact) mass is 432 g/mol. The zero-order valence-electron chi connectivity index (χ0n) is 15.4. The predicted octanol–water partition coefficient (Wildman–Crippen LogP) is 6.08. The van der Waals surface area contributed by atoms with Crippen LogP contribution in [0.5, 0.6) is 0 Å². The summed E-state index contributed by atoms with van der Waals surface area (Å²) >= 11 is 5.80. The molecular formula is C21H28Cl3FN2. The number of piperidine rings is 1. The summed E-state index contributed by atoms with van der Waals surface area (Å²) in [5, 5.41) is 3.49. The van der Waals surface area contributed by atoms with E-state index in [1.807, 2.05) is 0 Å². The second-order valence-electron chi connectivity index (χ2n) is 6.88. The third-order valence-electron chi connectivity index (χ3n) is 4.97. The van der Waals surface area contributed by atoms with E-state index in [0.717, 1.165) is 31.1 Å². The lowest BCUT2D eigenvalue weighted by Gasteiger charge is -2.32. The second kappa shape index (κ2) is 12.5. The lowest BCUT2D eigenvalue weighted by atomic mass is 9.90. The number of nitrogens with zero attached hydrogens (tertiary/aromatic N) is 1. The van der Waals surface area contributed by atoms with Gasteiger partial charge in [-0.15, -0.1) is 24.8 Å². The molecule has 1 fully saturated rings. The molecule has 0 aliphatic carbocycles. The van der Waals surface area contributed by atoms with E-state index < -0.39 is 0 Å². The largest absolute Gasteiger partial charge is 0.385 e. The molecule has 2 aromatic carbocycles. The van der Waals surface area contributed by atoms with Gasteiger partial charge in [0.2, 0.25) is 0 Å². The third kappa shape index (κ3) is 7.87. The zero-order chi connectivity index (χ0) is 17.5. The number of rotatable bonds is 7. The molecule has 0 spiro atoms. The van der Waals surface area contributed by atoms with E-state index in [2.05, 4.69) is 40.5 Å². The Hall–Kier alpha value is -1.00. The van der Waals surface area contributed by atoms with Gasteiger partial charge in [0, 0.05) is 12.2 Å². The quantitative estimate of drug-likeness (QED) is 0.532. The molecule has 1 aliphatic heterocycles. The van der Waals surface area contributed by atoms with Gasteiger partial charge >= 0.3 is 0 Å². The number of nitrogens with one attached hydrogen (secondary N) is 1. The fourth-order valence-corrected chi connectivity index (χ4v) is 3.68. The van der Waals surface area contributed by atoms with Crippen LogP contribution in [-0.4, -0.2) is 31.1 Å². The molecule has 1 heterocycles. The van der Waals surface area contributed by atoms with Crippen LogP contribution in [-0.2, 0) is 6.42 Å². The van der Waals surface area contributed by atoms with Crippen molar-refractivity contribution >= 4 is 42.1 Å². The molecule has 0 radical (unpaired) electrons. The Morgan fingerprint density at radius 1 is 1.04 bits per heavy atom. The Morgan fingerprint density at radius 3 is 2.41 bits per heavy atom. The molecule has 0 amide bonds. The van der Waals surface area contributed by atoms with E-state index in [9.17, 15) is 4.39 Å². The Labute approximate surface area is 179 Å². The van der Waals surface area contributed by atoms with Crippen LogP contribution in [0.25, 0.3) is 0 Å². The number of likely N-dealkylation sites (tertiary alicyclic amines) is 1. The molecule has 1 aliphatic rings. The molecule has 1 N–H and O–H groups in total. The van der Waals surface area contributed by atoms with Crippen molar-refractivity contribution in [1.29, 1.82) is 0 Å². The molecular weight excluding hydrogens is 406 g/mol. The van der Waals surface area contributed by atoms with Gasteiger partial charge < -0.3 is 10.2 Å². The van der Waals surface area contributed by atoms with E-state index >= 15 is 0 Å². The predicted molar refractivity (Wildman–Crippen MR) is 118 cm³/mol. The summed E-state index contributed by atoms with van der Waals surface area (Å²) in [6.45, 7) is 4.38. The lowest BCUT2D eigenvalue weighted by molar-refractivity contribution is 0.183. The van der Waals surface area contributed by atoms with Crippen LogP contribution in [0, 0.1) is 11.7 Å². The highest BCUT2D eigenvalue weighted by molar-refractivity contribution is 6.31. The first-order chi connectivity index (χ1) is 12.2. The molecule has 2 aromatic rings. The molecule has 1 saturated heterocycles. The first-order valence-corrected chi connectivity index (χ1v) is 9.54. The molecule has 0 saturated carbocycles. The number of halogens is 4. The van der Waals surface area contributed by atoms with Crippen molar-refractivity contribution in [2.24, 2.45) is 5.92 Å². The van der Waals surface area contributed by atoms with Gasteiger partial charge in [-0.25, -0.2) is 4.39 Å². The smallest absolute Gasteiger partial charge is 0.141 e. The van der Waals surface area contributed by atoms with Crippen LogP contribution >= 0.6 is 36.4 Å². The van der Waals surface area contributed by atoms with Crippen molar-refractivity contribution < 1.29 is 4.39 Å². The van der Waals surface area contributed by atoms with Crippen molar-refractivity contribution in [3.63, 3.8) is 0 Å². The Balaban J connectivity index is 0.00000182. The third-order valence-corrected chi connectivity index (χ3v) is 5.26. The van der Waals surface area contributed by atoms with E-state index in [4.69, 9.17) is 11.6 Å². The van der Waals surface area contributed by atoms with Gasteiger partial charge in [-0.05, 0) is 75.0 Å². The highest BCUT2D eigenvalue weighted by Gasteiger charge is 2.18. The fourth-order valence-electron chi connectivity index (χ4n) is 3.50. The van der Waals surface area contributed by atoms with Crippen LogP contribution < -0.4 is 5.32 Å². The minimum atomic E-state index is -0.370. The summed E-state index contributed by atoms with van der Waals surface area (Å²) in [5.74, 6) is 0.448. The maximum atomic E-state index is 13.1. The zero-order valence-corrected chi connectivity index (χ0v) is 17.8. The highest BCUT2D eigenvalue weighted by atomic mass is 35.5. The maximum absolute atomic E-state index is 13.1. The standard InChI is InChI=1S/C21H26ClFN2.2ClH/c22-20-16-19(7-8-21(20)23)24-11-4-12-25-13-9-18(10-14-25)15-17-5-2-1-3-6-17;;/h1-3,5-8,16,18,24H,4,9-15H2;2*1H. The van der Waals surface area contributed by atoms with Crippen LogP contribution in [0.1, 0.15) is 24.8 Å². The SMILES string of the molecule is Cl.Cl.Fc1ccc(NCCCN2CCC(Cc3ccccc3)CC2)cc1Cl. The van der Waals surface area contributed by atoms with Crippen molar-refractivity contribution in [3.8, 4) is 0 Å². The van der Waals surface area contributed by atoms with Gasteiger partial charge in [0.1, 0.15) is 5.82 Å². The Morgan fingerprint density at radius 2 is 1.74 bits per heavy atom. The first-order valence-electron chi connectivity index (χ1n) is 9.16. The van der Waals surface area contributed by atoms with Gasteiger partial charge in [0.05, 0.1) is 5.02 Å². The normalized spacial score (nSPS) is 14.9. The molecule has 27 heavy (non-hydrogen) atoms. The van der Waals surface area contributed by atoms with Gasteiger partial charge in [-0.2, -0.15) is 0 Å². The molecule has 150 valence electrons. The van der Waals surface area contributed by atoms with E-state index in [1.165, 1.54) is 44.0 Å². The minimum Gasteiger partial charge on any atom is -0.385 e. The molecule has 0 atom stereocenters. The molecule has 0 aromatic heterocycles. The van der Waals surface area contributed by atoms with E-state index in [1.54, 1.807) is 12.1 Å². The average Bonchev–Trinajstić information content (AvgIpc) is 2.64. The molecule has 6 heteroatoms. The second-order valence-corrected chi connectivity index (χ2v) is 7.29. The fraction of sp³-hybridized carbons (Fsp3) is 0.429. The van der Waals surface area contributed by atoms with Crippen molar-refractivity contribution in [1.82, 2.24) is 4.90 Å². The van der Waals surface area contributed by atoms with Crippen molar-refractivity contribution in [2.45, 2.75) is 25.7 Å². The van der Waals surface area contributed by atoms with Crippen molar-refractivity contribution in [2.75, 3.05) is 31.5 Å². The van der Waals surface area contributed by atoms with Gasteiger partial charge in [0.25, 0.3) is 0 Å². The molecule has 3 rings (SSSR count). The van der Waals surface area contributed by atoms with Gasteiger partial charge in [0.15, 0.2) is 0 Å². The van der Waals surface area contributed by atoms with E-state index in [0.29, 0.717) is 0 Å². The number of hydrogen-bond donors (Lipinski definition) is 1. The Bertz CT molecular complexity index is 662. The highest BCUT2D eigenvalue weighted by Crippen LogP contribution is 2.22. The van der Waals surface area contributed by atoms with Gasteiger partial charge in [-0.3, -0.25) is 0 Å². The molecule has 2 nitrogen and oxygen atoms in total. The van der Waals surface area contributed by atoms with Crippen LogP contribution in [0.4, 0.5) is 10.1 Å². The molecule has 0 unspecified atom stereocenters. The first kappa shape index (κ1) is 24.0.